The summed E-state index contributed by atoms with van der Waals surface area (Å²) >= 11 is 8.83. The van der Waals surface area contributed by atoms with Gasteiger partial charge >= 0.3 is 0 Å². The van der Waals surface area contributed by atoms with E-state index in [-0.39, 0.29) is 6.61 Å². The second-order valence-electron chi connectivity index (χ2n) is 8.52. The Kier molecular flexibility index (Phi) is 7.26. The van der Waals surface area contributed by atoms with Crippen molar-refractivity contribution < 1.29 is 23.3 Å². The first-order chi connectivity index (χ1) is 18.1. The molecule has 0 saturated carbocycles. The maximum absolute atomic E-state index is 14.6. The fraction of sp³-hybridized carbons (Fsp3) is 0.320. The van der Waals surface area contributed by atoms with Crippen LogP contribution in [0.5, 0.6) is 0 Å². The average Bonchev–Trinajstić information content (AvgIpc) is 3.63. The molecule has 2 fully saturated rings. The van der Waals surface area contributed by atoms with Gasteiger partial charge in [-0.25, -0.2) is 14.1 Å². The number of hydrogen-bond acceptors (Lipinski definition) is 9. The van der Waals surface area contributed by atoms with Gasteiger partial charge in [0.25, 0.3) is 0 Å². The van der Waals surface area contributed by atoms with E-state index in [1.54, 1.807) is 24.1 Å². The lowest BCUT2D eigenvalue weighted by atomic mass is 9.96. The minimum Gasteiger partial charge on any atom is -0.375 e. The summed E-state index contributed by atoms with van der Waals surface area (Å²) in [6.45, 7) is 0.278. The topological polar surface area (TPSA) is 80.5 Å². The summed E-state index contributed by atoms with van der Waals surface area (Å²) in [4.78, 5) is 4.70. The van der Waals surface area contributed by atoms with Crippen molar-refractivity contribution in [2.45, 2.75) is 41.0 Å². The van der Waals surface area contributed by atoms with Crippen molar-refractivity contribution in [2.24, 2.45) is 0 Å². The van der Waals surface area contributed by atoms with Gasteiger partial charge in [-0.1, -0.05) is 58.9 Å². The lowest BCUT2D eigenvalue weighted by molar-refractivity contribution is -0.308. The summed E-state index contributed by atoms with van der Waals surface area (Å²) in [5, 5.41) is 11.8. The molecule has 0 bridgehead atoms. The molecule has 4 heterocycles. The van der Waals surface area contributed by atoms with Crippen LogP contribution in [-0.4, -0.2) is 57.4 Å². The number of thiazole rings is 1. The molecule has 6 rings (SSSR count). The molecule has 2 aromatic carbocycles. The second kappa shape index (κ2) is 10.8. The highest BCUT2D eigenvalue weighted by Gasteiger charge is 2.52. The monoisotopic (exact) mass is 560 g/mol. The molecule has 4 aromatic rings. The Hall–Kier alpha value is -2.38. The highest BCUT2D eigenvalue weighted by atomic mass is 35.5. The highest BCUT2D eigenvalue weighted by Crippen LogP contribution is 2.45. The molecule has 0 N–H and O–H groups in total. The first kappa shape index (κ1) is 24.9. The molecule has 2 aliphatic rings. The number of halogens is 2. The van der Waals surface area contributed by atoms with Gasteiger partial charge in [0, 0.05) is 34.2 Å². The van der Waals surface area contributed by atoms with Crippen LogP contribution in [0.1, 0.15) is 17.9 Å². The Bertz CT molecular complexity index is 1350. The molecule has 6 atom stereocenters. The van der Waals surface area contributed by atoms with Gasteiger partial charge in [-0.2, -0.15) is 0 Å². The van der Waals surface area contributed by atoms with Crippen molar-refractivity contribution in [3.05, 3.63) is 82.7 Å². The molecule has 2 saturated heterocycles. The first-order valence-corrected chi connectivity index (χ1v) is 13.7. The van der Waals surface area contributed by atoms with Gasteiger partial charge in [-0.15, -0.1) is 16.4 Å². The van der Waals surface area contributed by atoms with Crippen LogP contribution in [-0.2, 0) is 18.9 Å². The number of fused-ring (bicyclic) bond motifs is 1. The van der Waals surface area contributed by atoms with Crippen molar-refractivity contribution in [3.8, 4) is 10.7 Å². The number of aromatic nitrogens is 4. The molecule has 3 unspecified atom stereocenters. The lowest BCUT2D eigenvalue weighted by Gasteiger charge is -2.48. The fourth-order valence-corrected chi connectivity index (χ4v) is 6.61. The van der Waals surface area contributed by atoms with Crippen molar-refractivity contribution >= 4 is 34.7 Å². The standard InChI is InChI=1S/C25H22ClFN4O4S2/c1-32-22-20(31-12-17(29-30-31)23-28-9-10-36-23)21-18(13-33-24(35-21)14-5-3-2-4-6-14)34-25(22)37-19-11-15(26)7-8-16(19)27/h2-12,18,20-22,24-25H,13H2,1H3/t18?,20?,21-,22-,24?,25+/m0/s1. The third-order valence-corrected chi connectivity index (χ3v) is 8.47. The average molecular weight is 561 g/mol. The highest BCUT2D eigenvalue weighted by molar-refractivity contribution is 7.99. The largest absolute Gasteiger partial charge is 0.375 e. The zero-order chi connectivity index (χ0) is 25.4. The third-order valence-electron chi connectivity index (χ3n) is 6.26. The summed E-state index contributed by atoms with van der Waals surface area (Å²) in [6, 6.07) is 13.7. The SMILES string of the molecule is CO[C@H]1C(n2cc(-c3nccs3)nn2)[C@H]2OC(c3ccccc3)OCC2O[C@@H]1Sc1cc(Cl)ccc1F. The molecular formula is C25H22ClFN4O4S2. The minimum atomic E-state index is -0.600. The summed E-state index contributed by atoms with van der Waals surface area (Å²) < 4.78 is 41.3. The van der Waals surface area contributed by atoms with E-state index in [4.69, 9.17) is 30.5 Å². The van der Waals surface area contributed by atoms with Crippen LogP contribution in [0.15, 0.2) is 71.2 Å². The Morgan fingerprint density at radius 2 is 2.05 bits per heavy atom. The number of ether oxygens (including phenoxy) is 4. The Morgan fingerprint density at radius 1 is 1.19 bits per heavy atom. The van der Waals surface area contributed by atoms with Crippen LogP contribution in [0.3, 0.4) is 0 Å². The number of benzene rings is 2. The molecule has 192 valence electrons. The van der Waals surface area contributed by atoms with Crippen LogP contribution in [0.25, 0.3) is 10.7 Å². The first-order valence-electron chi connectivity index (χ1n) is 11.5. The molecule has 37 heavy (non-hydrogen) atoms. The van der Waals surface area contributed by atoms with E-state index in [2.05, 4.69) is 15.3 Å². The van der Waals surface area contributed by atoms with E-state index < -0.39 is 41.9 Å². The quantitative estimate of drug-likeness (QED) is 0.311. The lowest BCUT2D eigenvalue weighted by Crippen LogP contribution is -2.59. The third kappa shape index (κ3) is 5.05. The van der Waals surface area contributed by atoms with E-state index in [9.17, 15) is 4.39 Å². The molecule has 0 aliphatic carbocycles. The number of rotatable bonds is 6. The smallest absolute Gasteiger partial charge is 0.184 e. The van der Waals surface area contributed by atoms with Gasteiger partial charge in [0.2, 0.25) is 0 Å². The van der Waals surface area contributed by atoms with Crippen molar-refractivity contribution in [3.63, 3.8) is 0 Å². The van der Waals surface area contributed by atoms with Gasteiger partial charge < -0.3 is 18.9 Å². The predicted octanol–water partition coefficient (Wildman–Crippen LogP) is 5.38. The molecule has 0 spiro atoms. The van der Waals surface area contributed by atoms with Crippen LogP contribution in [0.2, 0.25) is 5.02 Å². The zero-order valence-electron chi connectivity index (χ0n) is 19.5. The van der Waals surface area contributed by atoms with Crippen LogP contribution < -0.4 is 0 Å². The van der Waals surface area contributed by atoms with E-state index in [1.807, 2.05) is 41.9 Å². The summed E-state index contributed by atoms with van der Waals surface area (Å²) in [7, 11) is 1.59. The van der Waals surface area contributed by atoms with E-state index in [0.29, 0.717) is 15.6 Å². The van der Waals surface area contributed by atoms with E-state index in [0.717, 1.165) is 10.6 Å². The number of hydrogen-bond donors (Lipinski definition) is 0. The molecule has 0 amide bonds. The molecule has 0 radical (unpaired) electrons. The minimum absolute atomic E-state index is 0.278. The van der Waals surface area contributed by atoms with Gasteiger partial charge in [0.05, 0.1) is 12.8 Å². The summed E-state index contributed by atoms with van der Waals surface area (Å²) in [5.41, 5.74) is 0.940. The zero-order valence-corrected chi connectivity index (χ0v) is 21.9. The molecule has 2 aliphatic heterocycles. The number of methoxy groups -OCH3 is 1. The Morgan fingerprint density at radius 3 is 2.84 bits per heavy atom. The summed E-state index contributed by atoms with van der Waals surface area (Å²) in [6.07, 6.45) is 1.47. The van der Waals surface area contributed by atoms with E-state index in [1.165, 1.54) is 35.2 Å². The van der Waals surface area contributed by atoms with Crippen LogP contribution >= 0.6 is 34.7 Å². The molecule has 12 heteroatoms. The number of nitrogens with zero attached hydrogens (tertiary/aromatic N) is 4. The maximum atomic E-state index is 14.6. The fourth-order valence-electron chi connectivity index (χ4n) is 4.56. The van der Waals surface area contributed by atoms with Crippen molar-refractivity contribution in [2.75, 3.05) is 13.7 Å². The van der Waals surface area contributed by atoms with Crippen molar-refractivity contribution in [1.82, 2.24) is 20.0 Å². The van der Waals surface area contributed by atoms with Gasteiger partial charge in [-0.05, 0) is 18.2 Å². The van der Waals surface area contributed by atoms with E-state index >= 15 is 0 Å². The Labute approximate surface area is 225 Å². The van der Waals surface area contributed by atoms with Crippen LogP contribution in [0, 0.1) is 5.82 Å². The summed E-state index contributed by atoms with van der Waals surface area (Å²) in [5.74, 6) is -0.390. The number of thioether (sulfide) groups is 1. The predicted molar refractivity (Wildman–Crippen MR) is 137 cm³/mol. The molecule has 8 nitrogen and oxygen atoms in total. The maximum Gasteiger partial charge on any atom is 0.184 e. The Balaban J connectivity index is 1.36. The molecular weight excluding hydrogens is 539 g/mol. The molecule has 2 aromatic heterocycles. The second-order valence-corrected chi connectivity index (χ2v) is 11.0. The van der Waals surface area contributed by atoms with Crippen LogP contribution in [0.4, 0.5) is 4.39 Å². The van der Waals surface area contributed by atoms with Crippen molar-refractivity contribution in [1.29, 1.82) is 0 Å². The van der Waals surface area contributed by atoms with Gasteiger partial charge in [0.1, 0.15) is 46.3 Å². The van der Waals surface area contributed by atoms with Gasteiger partial charge in [-0.3, -0.25) is 0 Å². The van der Waals surface area contributed by atoms with Gasteiger partial charge in [0.15, 0.2) is 6.29 Å². The normalized spacial score (nSPS) is 27.6.